The number of hydrogen-bond donors (Lipinski definition) is 1. The second-order valence-corrected chi connectivity index (χ2v) is 5.30. The average Bonchev–Trinajstić information content (AvgIpc) is 2.98. The first-order valence-corrected chi connectivity index (χ1v) is 6.65. The third-order valence-electron chi connectivity index (χ3n) is 3.89. The number of fused-ring (bicyclic) bond motifs is 1. The first kappa shape index (κ1) is 12.2. The summed E-state index contributed by atoms with van der Waals surface area (Å²) in [5.74, 6) is 1.37. The van der Waals surface area contributed by atoms with Gasteiger partial charge in [-0.1, -0.05) is 0 Å². The minimum absolute atomic E-state index is 0.520. The number of nitrogen functional groups attached to an aromatic ring is 1. The summed E-state index contributed by atoms with van der Waals surface area (Å²) in [6.45, 7) is 2.14. The molecule has 0 aliphatic carbocycles. The molecule has 1 aliphatic heterocycles. The van der Waals surface area contributed by atoms with E-state index in [2.05, 4.69) is 33.9 Å². The normalized spacial score (nSPS) is 20.2. The van der Waals surface area contributed by atoms with Crippen molar-refractivity contribution >= 4 is 17.3 Å². The van der Waals surface area contributed by atoms with Crippen LogP contribution in [-0.2, 0) is 0 Å². The fourth-order valence-electron chi connectivity index (χ4n) is 2.80. The summed E-state index contributed by atoms with van der Waals surface area (Å²) < 4.78 is 1.92. The minimum atomic E-state index is 0.520. The molecule has 1 unspecified atom stereocenters. The van der Waals surface area contributed by atoms with Crippen LogP contribution in [0.2, 0.25) is 0 Å². The van der Waals surface area contributed by atoms with Gasteiger partial charge in [0.15, 0.2) is 11.5 Å². The van der Waals surface area contributed by atoms with Crippen molar-refractivity contribution < 1.29 is 0 Å². The highest BCUT2D eigenvalue weighted by molar-refractivity contribution is 5.66. The maximum atomic E-state index is 5.86. The molecule has 3 rings (SSSR count). The monoisotopic (exact) mass is 260 g/mol. The molecule has 1 saturated heterocycles. The molecule has 0 aromatic carbocycles. The quantitative estimate of drug-likeness (QED) is 0.886. The maximum absolute atomic E-state index is 5.86. The van der Waals surface area contributed by atoms with Crippen LogP contribution < -0.4 is 10.6 Å². The van der Waals surface area contributed by atoms with Gasteiger partial charge in [-0.05, 0) is 26.4 Å². The van der Waals surface area contributed by atoms with E-state index in [4.69, 9.17) is 5.73 Å². The molecule has 1 aliphatic rings. The van der Waals surface area contributed by atoms with Crippen molar-refractivity contribution in [3.05, 3.63) is 18.6 Å². The summed E-state index contributed by atoms with van der Waals surface area (Å²) in [6.07, 6.45) is 7.98. The Balaban J connectivity index is 1.88. The van der Waals surface area contributed by atoms with E-state index in [9.17, 15) is 0 Å². The van der Waals surface area contributed by atoms with Crippen LogP contribution in [0.4, 0.5) is 11.6 Å². The fraction of sp³-hybridized carbons (Fsp3) is 0.538. The van der Waals surface area contributed by atoms with Gasteiger partial charge in [-0.15, -0.1) is 0 Å². The highest BCUT2D eigenvalue weighted by Gasteiger charge is 2.23. The third kappa shape index (κ3) is 2.23. The van der Waals surface area contributed by atoms with E-state index >= 15 is 0 Å². The second kappa shape index (κ2) is 4.70. The topological polar surface area (TPSA) is 62.7 Å². The summed E-state index contributed by atoms with van der Waals surface area (Å²) in [4.78, 5) is 13.4. The van der Waals surface area contributed by atoms with Gasteiger partial charge >= 0.3 is 0 Å². The Kier molecular flexibility index (Phi) is 3.02. The van der Waals surface area contributed by atoms with Crippen molar-refractivity contribution in [2.75, 3.05) is 37.8 Å². The van der Waals surface area contributed by atoms with Crippen molar-refractivity contribution in [2.24, 2.45) is 0 Å². The number of rotatable bonds is 3. The Hall–Kier alpha value is -1.82. The lowest BCUT2D eigenvalue weighted by Crippen LogP contribution is -2.37. The van der Waals surface area contributed by atoms with E-state index in [0.717, 1.165) is 18.0 Å². The van der Waals surface area contributed by atoms with Crippen molar-refractivity contribution in [3.63, 3.8) is 0 Å². The Morgan fingerprint density at radius 3 is 3.11 bits per heavy atom. The second-order valence-electron chi connectivity index (χ2n) is 5.30. The molecule has 0 radical (unpaired) electrons. The molecule has 0 spiro atoms. The lowest BCUT2D eigenvalue weighted by Gasteiger charge is -2.26. The predicted molar refractivity (Wildman–Crippen MR) is 76.3 cm³/mol. The van der Waals surface area contributed by atoms with Gasteiger partial charge in [-0.3, -0.25) is 0 Å². The van der Waals surface area contributed by atoms with Gasteiger partial charge in [0.25, 0.3) is 0 Å². The molecule has 102 valence electrons. The van der Waals surface area contributed by atoms with Crippen LogP contribution in [0.15, 0.2) is 18.6 Å². The number of imidazole rings is 1. The highest BCUT2D eigenvalue weighted by Crippen LogP contribution is 2.21. The molecule has 6 heteroatoms. The van der Waals surface area contributed by atoms with E-state index in [-0.39, 0.29) is 0 Å². The Bertz CT molecular complexity index is 578. The molecule has 19 heavy (non-hydrogen) atoms. The number of likely N-dealkylation sites (N-methyl/N-ethyl adjacent to an activating group) is 2. The van der Waals surface area contributed by atoms with Crippen LogP contribution in [0.25, 0.3) is 5.65 Å². The van der Waals surface area contributed by atoms with E-state index in [0.29, 0.717) is 11.9 Å². The maximum Gasteiger partial charge on any atom is 0.180 e. The standard InChI is InChI=1S/C13H20N6/c1-17-6-3-4-10(17)8-18(2)13-12-15-5-7-19(12)9-11(14)16-13/h5,7,9-10H,3-4,6,8,14H2,1-2H3. The van der Waals surface area contributed by atoms with Crippen LogP contribution in [0.3, 0.4) is 0 Å². The van der Waals surface area contributed by atoms with Crippen molar-refractivity contribution in [3.8, 4) is 0 Å². The fourth-order valence-corrected chi connectivity index (χ4v) is 2.80. The van der Waals surface area contributed by atoms with E-state index in [1.165, 1.54) is 19.4 Å². The number of nitrogens with zero attached hydrogens (tertiary/aromatic N) is 5. The van der Waals surface area contributed by atoms with Gasteiger partial charge in [0.2, 0.25) is 0 Å². The van der Waals surface area contributed by atoms with Crippen LogP contribution >= 0.6 is 0 Å². The zero-order valence-corrected chi connectivity index (χ0v) is 11.5. The lowest BCUT2D eigenvalue weighted by molar-refractivity contribution is 0.314. The first-order valence-electron chi connectivity index (χ1n) is 6.65. The van der Waals surface area contributed by atoms with E-state index in [1.54, 1.807) is 12.4 Å². The molecule has 0 bridgehead atoms. The summed E-state index contributed by atoms with van der Waals surface area (Å²) >= 11 is 0. The van der Waals surface area contributed by atoms with Gasteiger partial charge in [-0.25, -0.2) is 9.97 Å². The highest BCUT2D eigenvalue weighted by atomic mass is 15.3. The molecular weight excluding hydrogens is 240 g/mol. The van der Waals surface area contributed by atoms with Crippen LogP contribution in [-0.4, -0.2) is 52.5 Å². The number of aromatic nitrogens is 3. The number of anilines is 2. The summed E-state index contributed by atoms with van der Waals surface area (Å²) in [5.41, 5.74) is 6.72. The van der Waals surface area contributed by atoms with Crippen LogP contribution in [0.5, 0.6) is 0 Å². The third-order valence-corrected chi connectivity index (χ3v) is 3.89. The zero-order valence-electron chi connectivity index (χ0n) is 11.5. The molecule has 3 heterocycles. The van der Waals surface area contributed by atoms with Gasteiger partial charge in [0.1, 0.15) is 5.82 Å². The molecule has 0 amide bonds. The van der Waals surface area contributed by atoms with Crippen molar-refractivity contribution in [1.82, 2.24) is 19.3 Å². The summed E-state index contributed by atoms with van der Waals surface area (Å²) in [5, 5.41) is 0. The molecule has 2 aromatic heterocycles. The number of nitrogens with two attached hydrogens (primary N) is 1. The van der Waals surface area contributed by atoms with Gasteiger partial charge in [0, 0.05) is 32.0 Å². The molecule has 2 N–H and O–H groups in total. The smallest absolute Gasteiger partial charge is 0.180 e. The average molecular weight is 260 g/mol. The summed E-state index contributed by atoms with van der Waals surface area (Å²) in [6, 6.07) is 0.586. The van der Waals surface area contributed by atoms with Gasteiger partial charge in [0.05, 0.1) is 6.20 Å². The molecule has 1 atom stereocenters. The Labute approximate surface area is 112 Å². The SMILES string of the molecule is CN(CC1CCCN1C)c1nc(N)cn2ccnc12. The van der Waals surface area contributed by atoms with Crippen molar-refractivity contribution in [2.45, 2.75) is 18.9 Å². The molecule has 2 aromatic rings. The molecule has 0 saturated carbocycles. The van der Waals surface area contributed by atoms with Crippen LogP contribution in [0, 0.1) is 0 Å². The van der Waals surface area contributed by atoms with Gasteiger partial charge < -0.3 is 19.9 Å². The number of hydrogen-bond acceptors (Lipinski definition) is 5. The van der Waals surface area contributed by atoms with Crippen LogP contribution in [0.1, 0.15) is 12.8 Å². The molecule has 6 nitrogen and oxygen atoms in total. The zero-order chi connectivity index (χ0) is 13.4. The van der Waals surface area contributed by atoms with Crippen molar-refractivity contribution in [1.29, 1.82) is 0 Å². The Morgan fingerprint density at radius 2 is 2.37 bits per heavy atom. The lowest BCUT2D eigenvalue weighted by atomic mass is 10.2. The Morgan fingerprint density at radius 1 is 1.53 bits per heavy atom. The van der Waals surface area contributed by atoms with E-state index in [1.807, 2.05) is 10.6 Å². The number of likely N-dealkylation sites (tertiary alicyclic amines) is 1. The predicted octanol–water partition coefficient (Wildman–Crippen LogP) is 0.842. The van der Waals surface area contributed by atoms with E-state index < -0.39 is 0 Å². The molecular formula is C13H20N6. The van der Waals surface area contributed by atoms with Gasteiger partial charge in [-0.2, -0.15) is 0 Å². The summed E-state index contributed by atoms with van der Waals surface area (Å²) in [7, 11) is 4.24. The minimum Gasteiger partial charge on any atom is -0.382 e. The largest absolute Gasteiger partial charge is 0.382 e. The molecule has 1 fully saturated rings. The first-order chi connectivity index (χ1) is 9.15.